The van der Waals surface area contributed by atoms with Gasteiger partial charge in [-0.05, 0) is 18.2 Å². The van der Waals surface area contributed by atoms with Crippen molar-refractivity contribution < 1.29 is 0 Å². The molecular formula is C15H11BN4. The van der Waals surface area contributed by atoms with Crippen molar-refractivity contribution in [2.75, 3.05) is 0 Å². The molecule has 0 amide bonds. The normalized spacial score (nSPS) is 11.2. The molecule has 4 nitrogen and oxygen atoms in total. The summed E-state index contributed by atoms with van der Waals surface area (Å²) < 4.78 is 0. The molecule has 0 fully saturated rings. The van der Waals surface area contributed by atoms with Crippen LogP contribution in [0.1, 0.15) is 0 Å². The van der Waals surface area contributed by atoms with Crippen molar-refractivity contribution in [1.29, 1.82) is 0 Å². The van der Waals surface area contributed by atoms with E-state index < -0.39 is 0 Å². The average molecular weight is 258 g/mol. The summed E-state index contributed by atoms with van der Waals surface area (Å²) in [6.07, 6.45) is 7.31. The number of nitrogens with zero attached hydrogens (tertiary/aromatic N) is 3. The highest BCUT2D eigenvalue weighted by Crippen LogP contribution is 2.26. The van der Waals surface area contributed by atoms with Crippen LogP contribution in [0.4, 0.5) is 0 Å². The molecule has 94 valence electrons. The predicted octanol–water partition coefficient (Wildman–Crippen LogP) is 1.43. The van der Waals surface area contributed by atoms with Gasteiger partial charge in [-0.15, -0.1) is 0 Å². The lowest BCUT2D eigenvalue weighted by Gasteiger charge is -2.00. The Bertz CT molecular complexity index is 915. The van der Waals surface area contributed by atoms with Crippen molar-refractivity contribution in [2.45, 2.75) is 0 Å². The van der Waals surface area contributed by atoms with Gasteiger partial charge in [0, 0.05) is 34.9 Å². The van der Waals surface area contributed by atoms with Crippen molar-refractivity contribution in [2.24, 2.45) is 0 Å². The van der Waals surface area contributed by atoms with E-state index in [1.54, 1.807) is 6.20 Å². The van der Waals surface area contributed by atoms with Gasteiger partial charge in [0.05, 0.1) is 17.4 Å². The number of hydrogen-bond donors (Lipinski definition) is 1. The van der Waals surface area contributed by atoms with E-state index in [9.17, 15) is 0 Å². The molecule has 1 N–H and O–H groups in total. The predicted molar refractivity (Wildman–Crippen MR) is 82.8 cm³/mol. The van der Waals surface area contributed by atoms with Gasteiger partial charge in [0.25, 0.3) is 0 Å². The van der Waals surface area contributed by atoms with E-state index >= 15 is 0 Å². The molecule has 0 unspecified atom stereocenters. The molecule has 0 saturated carbocycles. The van der Waals surface area contributed by atoms with Crippen LogP contribution in [0.5, 0.6) is 0 Å². The lowest BCUT2D eigenvalue weighted by Crippen LogP contribution is -2.01. The third kappa shape index (κ3) is 1.67. The number of pyridine rings is 3. The van der Waals surface area contributed by atoms with Gasteiger partial charge < -0.3 is 4.98 Å². The van der Waals surface area contributed by atoms with Gasteiger partial charge in [-0.1, -0.05) is 11.5 Å². The summed E-state index contributed by atoms with van der Waals surface area (Å²) in [7, 11) is 2.05. The number of hydrogen-bond acceptors (Lipinski definition) is 3. The summed E-state index contributed by atoms with van der Waals surface area (Å²) >= 11 is 0. The number of aromatic nitrogens is 4. The zero-order chi connectivity index (χ0) is 13.5. The zero-order valence-corrected chi connectivity index (χ0v) is 11.0. The molecule has 0 spiro atoms. The van der Waals surface area contributed by atoms with Crippen LogP contribution in [0.2, 0.25) is 0 Å². The van der Waals surface area contributed by atoms with E-state index in [1.165, 1.54) is 0 Å². The second-order valence-corrected chi connectivity index (χ2v) is 4.89. The summed E-state index contributed by atoms with van der Waals surface area (Å²) in [6.45, 7) is 0. The van der Waals surface area contributed by atoms with E-state index in [4.69, 9.17) is 0 Å². The third-order valence-corrected chi connectivity index (χ3v) is 3.43. The lowest BCUT2D eigenvalue weighted by atomic mass is 9.97. The van der Waals surface area contributed by atoms with Crippen LogP contribution < -0.4 is 5.46 Å². The van der Waals surface area contributed by atoms with Crippen molar-refractivity contribution in [3.05, 3.63) is 49.1 Å². The largest absolute Gasteiger partial charge is 0.338 e. The minimum Gasteiger partial charge on any atom is -0.338 e. The Morgan fingerprint density at radius 2 is 1.95 bits per heavy atom. The second kappa shape index (κ2) is 4.16. The molecule has 4 heterocycles. The second-order valence-electron chi connectivity index (χ2n) is 4.89. The number of nitrogens with one attached hydrogen (secondary N) is 1. The first kappa shape index (κ1) is 11.2. The molecule has 0 aromatic carbocycles. The summed E-state index contributed by atoms with van der Waals surface area (Å²) in [4.78, 5) is 16.4. The summed E-state index contributed by atoms with van der Waals surface area (Å²) in [5.74, 6) is 0. The van der Waals surface area contributed by atoms with Crippen molar-refractivity contribution in [3.63, 3.8) is 0 Å². The third-order valence-electron chi connectivity index (χ3n) is 3.43. The molecule has 4 aromatic heterocycles. The Labute approximate surface area is 116 Å². The topological polar surface area (TPSA) is 54.5 Å². The Morgan fingerprint density at radius 1 is 1.00 bits per heavy atom. The maximum atomic E-state index is 4.50. The number of H-pyrrole nitrogens is 1. The zero-order valence-electron chi connectivity index (χ0n) is 11.0. The number of rotatable bonds is 1. The molecule has 0 aliphatic rings. The van der Waals surface area contributed by atoms with Crippen LogP contribution in [0.3, 0.4) is 0 Å². The Hall–Kier alpha value is -2.69. The van der Waals surface area contributed by atoms with E-state index in [2.05, 4.69) is 39.9 Å². The van der Waals surface area contributed by atoms with Gasteiger partial charge in [0.1, 0.15) is 13.5 Å². The van der Waals surface area contributed by atoms with Gasteiger partial charge in [0.15, 0.2) is 0 Å². The molecule has 4 aromatic rings. The van der Waals surface area contributed by atoms with Crippen LogP contribution >= 0.6 is 0 Å². The van der Waals surface area contributed by atoms with E-state index in [0.717, 1.165) is 38.7 Å². The lowest BCUT2D eigenvalue weighted by molar-refractivity contribution is 1.28. The summed E-state index contributed by atoms with van der Waals surface area (Å²) in [5.41, 5.74) is 5.00. The first-order valence-electron chi connectivity index (χ1n) is 6.46. The maximum absolute atomic E-state index is 4.50. The Balaban J connectivity index is 2.03. The fourth-order valence-electron chi connectivity index (χ4n) is 2.45. The van der Waals surface area contributed by atoms with E-state index in [-0.39, 0.29) is 0 Å². The van der Waals surface area contributed by atoms with Crippen LogP contribution in [0, 0.1) is 0 Å². The van der Waals surface area contributed by atoms with Gasteiger partial charge in [0.2, 0.25) is 0 Å². The average Bonchev–Trinajstić information content (AvgIpc) is 2.85. The molecule has 0 atom stereocenters. The maximum Gasteiger partial charge on any atom is 0.141 e. The van der Waals surface area contributed by atoms with Crippen molar-refractivity contribution in [3.8, 4) is 11.3 Å². The van der Waals surface area contributed by atoms with Gasteiger partial charge in [-0.25, -0.2) is 4.98 Å². The van der Waals surface area contributed by atoms with E-state index in [0.29, 0.717) is 0 Å². The summed E-state index contributed by atoms with van der Waals surface area (Å²) in [6, 6.07) is 8.17. The molecule has 0 radical (unpaired) electrons. The van der Waals surface area contributed by atoms with Crippen molar-refractivity contribution in [1.82, 2.24) is 19.9 Å². The monoisotopic (exact) mass is 258 g/mol. The summed E-state index contributed by atoms with van der Waals surface area (Å²) in [5, 5.41) is 2.28. The highest BCUT2D eigenvalue weighted by atomic mass is 14.9. The molecule has 4 rings (SSSR count). The van der Waals surface area contributed by atoms with Crippen LogP contribution in [-0.2, 0) is 0 Å². The van der Waals surface area contributed by atoms with Crippen LogP contribution in [-0.4, -0.2) is 27.8 Å². The SMILES string of the molecule is Bc1cnc2[nH]c3cnc(-c4cccnc4)cc3c2c1. The molecule has 0 saturated heterocycles. The quantitative estimate of drug-likeness (QED) is 0.525. The van der Waals surface area contributed by atoms with Gasteiger partial charge in [-0.3, -0.25) is 9.97 Å². The minimum atomic E-state index is 0.899. The van der Waals surface area contributed by atoms with Crippen LogP contribution in [0.25, 0.3) is 33.2 Å². The van der Waals surface area contributed by atoms with Gasteiger partial charge in [-0.2, -0.15) is 0 Å². The van der Waals surface area contributed by atoms with Crippen LogP contribution in [0.15, 0.2) is 49.1 Å². The highest BCUT2D eigenvalue weighted by molar-refractivity contribution is 6.33. The molecule has 20 heavy (non-hydrogen) atoms. The fraction of sp³-hybridized carbons (Fsp3) is 0. The smallest absolute Gasteiger partial charge is 0.141 e. The molecular weight excluding hydrogens is 247 g/mol. The number of aromatic amines is 1. The molecule has 0 bridgehead atoms. The highest BCUT2D eigenvalue weighted by Gasteiger charge is 2.08. The molecule has 0 aliphatic carbocycles. The van der Waals surface area contributed by atoms with Crippen molar-refractivity contribution >= 4 is 35.2 Å². The molecule has 5 heteroatoms. The Kier molecular flexibility index (Phi) is 2.33. The minimum absolute atomic E-state index is 0.899. The first-order chi connectivity index (χ1) is 9.81. The number of fused-ring (bicyclic) bond motifs is 3. The Morgan fingerprint density at radius 3 is 2.80 bits per heavy atom. The van der Waals surface area contributed by atoms with E-state index in [1.807, 2.05) is 30.7 Å². The van der Waals surface area contributed by atoms with Gasteiger partial charge >= 0.3 is 0 Å². The first-order valence-corrected chi connectivity index (χ1v) is 6.46. The standard InChI is InChI=1S/C15H11BN4/c16-10-4-12-11-5-13(9-2-1-3-17-6-9)18-8-14(11)20-15(12)19-7-10/h1-8H,16H2,(H,19,20). The molecule has 0 aliphatic heterocycles. The fourth-order valence-corrected chi connectivity index (χ4v) is 2.45.